The van der Waals surface area contributed by atoms with E-state index >= 15 is 0 Å². The Morgan fingerprint density at radius 3 is 2.67 bits per heavy atom. The number of phenols is 1. The third kappa shape index (κ3) is 4.09. The minimum atomic E-state index is -0.924. The second-order valence-electron chi connectivity index (χ2n) is 8.79. The van der Waals surface area contributed by atoms with E-state index in [0.29, 0.717) is 22.0 Å². The van der Waals surface area contributed by atoms with Gasteiger partial charge < -0.3 is 24.6 Å². The van der Waals surface area contributed by atoms with Crippen molar-refractivity contribution in [2.24, 2.45) is 0 Å². The Morgan fingerprint density at radius 1 is 1.19 bits per heavy atom. The monoisotopic (exact) mass is 550 g/mol. The van der Waals surface area contributed by atoms with Crippen molar-refractivity contribution in [3.05, 3.63) is 87.2 Å². The van der Waals surface area contributed by atoms with Gasteiger partial charge in [0, 0.05) is 30.9 Å². The number of carbonyl (C=O) groups excluding carboxylic acids is 2. The number of likely N-dealkylation sites (tertiary alicyclic amines) is 1. The van der Waals surface area contributed by atoms with Crippen molar-refractivity contribution >= 4 is 33.4 Å². The zero-order chi connectivity index (χ0) is 25.6. The molecule has 3 heterocycles. The van der Waals surface area contributed by atoms with Gasteiger partial charge in [-0.3, -0.25) is 14.6 Å². The van der Waals surface area contributed by atoms with Crippen molar-refractivity contribution in [3.8, 4) is 17.2 Å². The van der Waals surface area contributed by atoms with Crippen LogP contribution in [0, 0.1) is 0 Å². The van der Waals surface area contributed by atoms with Crippen molar-refractivity contribution < 1.29 is 29.3 Å². The molecular formula is C27H23BrN2O6. The maximum absolute atomic E-state index is 13.4. The Bertz CT molecular complexity index is 1400. The molecule has 2 N–H and O–H groups in total. The summed E-state index contributed by atoms with van der Waals surface area (Å²) in [6.07, 6.45) is 3.91. The molecule has 1 amide bonds. The van der Waals surface area contributed by atoms with E-state index in [-0.39, 0.29) is 35.5 Å². The zero-order valence-corrected chi connectivity index (χ0v) is 21.2. The van der Waals surface area contributed by atoms with E-state index in [2.05, 4.69) is 20.9 Å². The number of carbonyl (C=O) groups is 2. The highest BCUT2D eigenvalue weighted by Crippen LogP contribution is 2.45. The van der Waals surface area contributed by atoms with Crippen LogP contribution in [0.25, 0.3) is 5.76 Å². The van der Waals surface area contributed by atoms with Crippen LogP contribution < -0.4 is 9.47 Å². The molecule has 5 rings (SSSR count). The molecule has 1 saturated heterocycles. The lowest BCUT2D eigenvalue weighted by Crippen LogP contribution is -2.29. The third-order valence-electron chi connectivity index (χ3n) is 6.40. The summed E-state index contributed by atoms with van der Waals surface area (Å²) in [6, 6.07) is 11.0. The number of methoxy groups -OCH3 is 1. The van der Waals surface area contributed by atoms with E-state index < -0.39 is 17.7 Å². The first-order chi connectivity index (χ1) is 17.3. The van der Waals surface area contributed by atoms with Crippen LogP contribution in [-0.4, -0.2) is 45.0 Å². The second-order valence-corrected chi connectivity index (χ2v) is 9.65. The molecule has 1 aromatic heterocycles. The summed E-state index contributed by atoms with van der Waals surface area (Å²) in [5, 5.41) is 21.7. The van der Waals surface area contributed by atoms with Crippen LogP contribution >= 0.6 is 15.9 Å². The highest BCUT2D eigenvalue weighted by atomic mass is 79.9. The average Bonchev–Trinajstić information content (AvgIpc) is 3.37. The predicted octanol–water partition coefficient (Wildman–Crippen LogP) is 4.50. The number of aromatic nitrogens is 1. The number of benzene rings is 2. The number of hydrogen-bond donors (Lipinski definition) is 2. The van der Waals surface area contributed by atoms with Gasteiger partial charge in [-0.2, -0.15) is 0 Å². The van der Waals surface area contributed by atoms with Crippen LogP contribution in [0.1, 0.15) is 35.2 Å². The molecule has 2 aliphatic heterocycles. The van der Waals surface area contributed by atoms with Crippen molar-refractivity contribution in [1.82, 2.24) is 9.88 Å². The fourth-order valence-electron chi connectivity index (χ4n) is 4.71. The van der Waals surface area contributed by atoms with Crippen LogP contribution in [0.15, 0.2) is 64.9 Å². The molecule has 2 aromatic carbocycles. The fourth-order valence-corrected chi connectivity index (χ4v) is 5.17. The first-order valence-corrected chi connectivity index (χ1v) is 12.1. The first-order valence-electron chi connectivity index (χ1n) is 11.3. The molecule has 9 heteroatoms. The number of ether oxygens (including phenoxy) is 2. The van der Waals surface area contributed by atoms with E-state index in [1.54, 1.807) is 54.9 Å². The molecular weight excluding hydrogens is 528 g/mol. The van der Waals surface area contributed by atoms with Crippen LogP contribution in [0.2, 0.25) is 0 Å². The summed E-state index contributed by atoms with van der Waals surface area (Å²) < 4.78 is 11.4. The van der Waals surface area contributed by atoms with E-state index in [1.165, 1.54) is 12.0 Å². The van der Waals surface area contributed by atoms with Gasteiger partial charge in [-0.1, -0.05) is 0 Å². The molecule has 0 spiro atoms. The number of pyridine rings is 1. The maximum Gasteiger partial charge on any atom is 0.295 e. The summed E-state index contributed by atoms with van der Waals surface area (Å²) in [7, 11) is 1.41. The summed E-state index contributed by atoms with van der Waals surface area (Å²) >= 11 is 3.32. The van der Waals surface area contributed by atoms with Gasteiger partial charge in [-0.05, 0) is 82.0 Å². The van der Waals surface area contributed by atoms with Gasteiger partial charge in [0.2, 0.25) is 0 Å². The Kier molecular flexibility index (Phi) is 6.17. The molecule has 0 bridgehead atoms. The Labute approximate surface area is 215 Å². The van der Waals surface area contributed by atoms with Crippen molar-refractivity contribution in [3.63, 3.8) is 0 Å². The van der Waals surface area contributed by atoms with E-state index in [9.17, 15) is 19.8 Å². The number of aromatic hydroxyl groups is 1. The molecule has 0 radical (unpaired) electrons. The molecule has 184 valence electrons. The highest BCUT2D eigenvalue weighted by molar-refractivity contribution is 9.10. The molecule has 1 fully saturated rings. The summed E-state index contributed by atoms with van der Waals surface area (Å²) in [6.45, 7) is 2.07. The number of amides is 1. The predicted molar refractivity (Wildman–Crippen MR) is 135 cm³/mol. The lowest BCUT2D eigenvalue weighted by molar-refractivity contribution is -0.140. The van der Waals surface area contributed by atoms with Crippen LogP contribution in [0.3, 0.4) is 0 Å². The topological polar surface area (TPSA) is 109 Å². The van der Waals surface area contributed by atoms with Gasteiger partial charge >= 0.3 is 0 Å². The molecule has 0 aliphatic carbocycles. The van der Waals surface area contributed by atoms with Crippen LogP contribution in [-0.2, 0) is 22.6 Å². The number of phenolic OH excluding ortho intramolecular Hbond substituents is 1. The van der Waals surface area contributed by atoms with Gasteiger partial charge in [0.25, 0.3) is 11.7 Å². The quantitative estimate of drug-likeness (QED) is 0.273. The number of fused-ring (bicyclic) bond motifs is 1. The fraction of sp³-hybridized carbons (Fsp3) is 0.222. The SMILES string of the molecule is COc1cc([C@H]2/C(=C(\O)c3ccc4c(c3)C[C@@H](C)O4)C(=O)C(=O)N2Cc2ccncc2)cc(Br)c1O. The minimum absolute atomic E-state index is 0.0187. The van der Waals surface area contributed by atoms with Crippen molar-refractivity contribution in [2.45, 2.75) is 32.0 Å². The standard InChI is InChI=1S/C27H23BrN2O6/c1-14-9-17-10-16(3-4-20(17)36-14)24(31)22-23(18-11-19(28)25(32)21(12-18)35-2)30(27(34)26(22)33)13-15-5-7-29-8-6-15/h3-8,10-12,14,23,31-32H,9,13H2,1-2H3/b24-22+/t14-,23+/m1/s1. The van der Waals surface area contributed by atoms with Crippen molar-refractivity contribution in [2.75, 3.05) is 7.11 Å². The van der Waals surface area contributed by atoms with Crippen LogP contribution in [0.4, 0.5) is 0 Å². The van der Waals surface area contributed by atoms with Gasteiger partial charge in [0.15, 0.2) is 11.5 Å². The lowest BCUT2D eigenvalue weighted by Gasteiger charge is -2.26. The van der Waals surface area contributed by atoms with Crippen molar-refractivity contribution in [1.29, 1.82) is 0 Å². The number of Topliss-reactive ketones (excluding diaryl/α,β-unsaturated/α-hetero) is 1. The Balaban J connectivity index is 1.68. The summed E-state index contributed by atoms with van der Waals surface area (Å²) in [5.74, 6) is -1.01. The van der Waals surface area contributed by atoms with Gasteiger partial charge in [0.1, 0.15) is 17.6 Å². The molecule has 36 heavy (non-hydrogen) atoms. The number of rotatable bonds is 5. The largest absolute Gasteiger partial charge is 0.507 e. The summed E-state index contributed by atoms with van der Waals surface area (Å²) in [5.41, 5.74) is 2.56. The number of aliphatic hydroxyl groups is 1. The third-order valence-corrected chi connectivity index (χ3v) is 7.00. The maximum atomic E-state index is 13.4. The lowest BCUT2D eigenvalue weighted by atomic mass is 9.94. The van der Waals surface area contributed by atoms with Gasteiger partial charge in [-0.25, -0.2) is 0 Å². The smallest absolute Gasteiger partial charge is 0.295 e. The van der Waals surface area contributed by atoms with E-state index in [0.717, 1.165) is 16.9 Å². The van der Waals surface area contributed by atoms with Gasteiger partial charge in [-0.15, -0.1) is 0 Å². The van der Waals surface area contributed by atoms with Gasteiger partial charge in [0.05, 0.1) is 23.2 Å². The van der Waals surface area contributed by atoms with E-state index in [4.69, 9.17) is 9.47 Å². The number of hydrogen-bond acceptors (Lipinski definition) is 7. The number of nitrogens with zero attached hydrogens (tertiary/aromatic N) is 2. The average molecular weight is 551 g/mol. The Hall–Kier alpha value is -3.85. The summed E-state index contributed by atoms with van der Waals surface area (Å²) in [4.78, 5) is 32.1. The zero-order valence-electron chi connectivity index (χ0n) is 19.6. The molecule has 0 unspecified atom stereocenters. The normalized spacial score (nSPS) is 20.4. The first kappa shape index (κ1) is 23.9. The molecule has 3 aromatic rings. The number of aliphatic hydroxyl groups excluding tert-OH is 1. The molecule has 2 aliphatic rings. The molecule has 8 nitrogen and oxygen atoms in total. The minimum Gasteiger partial charge on any atom is -0.507 e. The van der Waals surface area contributed by atoms with E-state index in [1.807, 2.05) is 6.92 Å². The van der Waals surface area contributed by atoms with Crippen LogP contribution in [0.5, 0.6) is 17.2 Å². The number of ketones is 1. The highest BCUT2D eigenvalue weighted by Gasteiger charge is 2.46. The Morgan fingerprint density at radius 2 is 1.94 bits per heavy atom. The second kappa shape index (κ2) is 9.31. The molecule has 0 saturated carbocycles. The molecule has 2 atom stereocenters. The number of halogens is 1.